The van der Waals surface area contributed by atoms with Crippen LogP contribution in [0.25, 0.3) is 0 Å². The summed E-state index contributed by atoms with van der Waals surface area (Å²) in [6.07, 6.45) is 0. The molecule has 4 N–H and O–H groups in total. The first kappa shape index (κ1) is 18.8. The van der Waals surface area contributed by atoms with Gasteiger partial charge in [0.2, 0.25) is 0 Å². The molecule has 0 saturated carbocycles. The second-order valence-electron chi connectivity index (χ2n) is 4.19. The molecule has 0 atom stereocenters. The van der Waals surface area contributed by atoms with Gasteiger partial charge in [0.05, 0.1) is 0 Å². The maximum absolute atomic E-state index is 11.0. The molecule has 0 saturated heterocycles. The maximum atomic E-state index is 11.0. The molecule has 0 unspecified atom stereocenters. The Labute approximate surface area is 144 Å². The summed E-state index contributed by atoms with van der Waals surface area (Å²) in [4.78, 5) is 10.7. The second-order valence-corrected chi connectivity index (χ2v) is 8.73. The molecule has 2 aromatic carbocycles. The number of hydrogen-bond donors (Lipinski definition) is 4. The number of amides is 1. The fourth-order valence-corrected chi connectivity index (χ4v) is 3.31. The van der Waals surface area contributed by atoms with E-state index in [9.17, 15) is 13.6 Å². The molecule has 2 rings (SSSR count). The third-order valence-corrected chi connectivity index (χ3v) is 5.17. The zero-order chi connectivity index (χ0) is 16.8. The minimum absolute atomic E-state index is 0.00951. The molecule has 0 fully saturated rings. The van der Waals surface area contributed by atoms with Crippen LogP contribution < -0.4 is 9.67 Å². The van der Waals surface area contributed by atoms with E-state index in [-0.39, 0.29) is 5.69 Å². The van der Waals surface area contributed by atoms with Crippen molar-refractivity contribution in [2.45, 2.75) is 6.92 Å². The summed E-state index contributed by atoms with van der Waals surface area (Å²) in [7, 11) is 0. The number of hydrogen-bond acceptors (Lipinski definition) is 3. The third-order valence-electron chi connectivity index (χ3n) is 2.37. The molecule has 0 radical (unpaired) electrons. The van der Waals surface area contributed by atoms with Crippen molar-refractivity contribution in [3.05, 3.63) is 52.1 Å². The fraction of sp³-hybridized carbons (Fsp3) is 0.0714. The van der Waals surface area contributed by atoms with Crippen LogP contribution in [0.3, 0.4) is 0 Å². The normalized spacial score (nSPS) is 10.4. The standard InChI is InChI=1S/C8H10AsNO5.C6H5I/c1-5(11)10-7-4-2-3-6(8(7)12)9(13,14)15;7-6-4-2-1-3-5-6/h2-4,12H,1H3,(H,10,11)(H2,13,14,15);1-5H. The number of phenolic OH excluding ortho intramolecular Hbond substituents is 1. The van der Waals surface area contributed by atoms with E-state index in [1.807, 2.05) is 18.2 Å². The van der Waals surface area contributed by atoms with Gasteiger partial charge >= 0.3 is 88.1 Å². The Morgan fingerprint density at radius 2 is 1.68 bits per heavy atom. The Bertz CT molecular complexity index is 687. The summed E-state index contributed by atoms with van der Waals surface area (Å²) in [5.41, 5.74) is -0.00951. The number of halogens is 1. The SMILES string of the molecule is CC(=O)Nc1cccc([As](=O)(O)O)c1O.Ic1ccccc1. The largest absolute Gasteiger partial charge is 0.0622 e. The van der Waals surface area contributed by atoms with Crippen LogP contribution in [-0.4, -0.2) is 33.4 Å². The molecule has 0 spiro atoms. The fourth-order valence-electron chi connectivity index (χ4n) is 1.47. The minimum atomic E-state index is -5.15. The van der Waals surface area contributed by atoms with E-state index < -0.39 is 30.2 Å². The number of carbonyl (C=O) groups is 1. The molecule has 1 amide bonds. The Morgan fingerprint density at radius 1 is 1.09 bits per heavy atom. The minimum Gasteiger partial charge on any atom is -0.0622 e. The first-order valence-electron chi connectivity index (χ1n) is 6.08. The zero-order valence-corrected chi connectivity index (χ0v) is 15.6. The van der Waals surface area contributed by atoms with E-state index >= 15 is 0 Å². The van der Waals surface area contributed by atoms with Crippen molar-refractivity contribution in [3.63, 3.8) is 0 Å². The van der Waals surface area contributed by atoms with Crippen molar-refractivity contribution in [1.82, 2.24) is 0 Å². The predicted octanol–water partition coefficient (Wildman–Crippen LogP) is 1.20. The van der Waals surface area contributed by atoms with Crippen LogP contribution in [0.5, 0.6) is 5.75 Å². The summed E-state index contributed by atoms with van der Waals surface area (Å²) < 4.78 is 29.7. The number of benzene rings is 2. The molecule has 0 aliphatic rings. The van der Waals surface area contributed by atoms with E-state index in [1.165, 1.54) is 22.6 Å². The van der Waals surface area contributed by atoms with Crippen LogP contribution in [0, 0.1) is 3.57 Å². The van der Waals surface area contributed by atoms with E-state index in [1.54, 1.807) is 0 Å². The van der Waals surface area contributed by atoms with Gasteiger partial charge in [-0.05, 0) is 34.7 Å². The predicted molar refractivity (Wildman–Crippen MR) is 92.1 cm³/mol. The molecule has 0 aromatic heterocycles. The van der Waals surface area contributed by atoms with Crippen molar-refractivity contribution in [3.8, 4) is 5.75 Å². The van der Waals surface area contributed by atoms with Crippen molar-refractivity contribution in [1.29, 1.82) is 0 Å². The molecular formula is C14H15AsINO5. The van der Waals surface area contributed by atoms with Crippen LogP contribution in [0.4, 0.5) is 5.69 Å². The smallest absolute Gasteiger partial charge is 0.0130 e. The summed E-state index contributed by atoms with van der Waals surface area (Å²) in [5, 5.41) is 11.7. The van der Waals surface area contributed by atoms with Crippen molar-refractivity contribution < 1.29 is 21.8 Å². The topological polar surface area (TPSA) is 107 Å². The Hall–Kier alpha value is -1.28. The molecular weight excluding hydrogens is 464 g/mol. The molecule has 6 nitrogen and oxygen atoms in total. The van der Waals surface area contributed by atoms with Gasteiger partial charge in [-0.3, -0.25) is 0 Å². The molecule has 0 heterocycles. The van der Waals surface area contributed by atoms with Gasteiger partial charge in [0.15, 0.2) is 0 Å². The zero-order valence-electron chi connectivity index (χ0n) is 11.6. The number of para-hydroxylation sites is 1. The van der Waals surface area contributed by atoms with Gasteiger partial charge in [0.25, 0.3) is 0 Å². The van der Waals surface area contributed by atoms with Gasteiger partial charge in [0.1, 0.15) is 0 Å². The average Bonchev–Trinajstić information content (AvgIpc) is 2.41. The quantitative estimate of drug-likeness (QED) is 0.295. The number of anilines is 1. The van der Waals surface area contributed by atoms with Crippen LogP contribution in [0.2, 0.25) is 0 Å². The van der Waals surface area contributed by atoms with Crippen LogP contribution in [-0.2, 0) is 8.53 Å². The molecule has 0 bridgehead atoms. The van der Waals surface area contributed by atoms with E-state index in [0.29, 0.717) is 0 Å². The van der Waals surface area contributed by atoms with Crippen molar-refractivity contribution >= 4 is 52.7 Å². The van der Waals surface area contributed by atoms with E-state index in [4.69, 9.17) is 8.19 Å². The number of nitrogens with one attached hydrogen (secondary N) is 1. The molecule has 2 aromatic rings. The van der Waals surface area contributed by atoms with Gasteiger partial charge in [0, 0.05) is 3.57 Å². The molecule has 8 heteroatoms. The first-order valence-corrected chi connectivity index (χ1v) is 10.5. The summed E-state index contributed by atoms with van der Waals surface area (Å²) in [6.45, 7) is 1.23. The van der Waals surface area contributed by atoms with E-state index in [2.05, 4.69) is 40.0 Å². The first-order chi connectivity index (χ1) is 10.2. The van der Waals surface area contributed by atoms with Crippen molar-refractivity contribution in [2.75, 3.05) is 5.32 Å². The number of carbonyl (C=O) groups excluding carboxylic acids is 1. The average molecular weight is 479 g/mol. The van der Waals surface area contributed by atoms with Gasteiger partial charge < -0.3 is 0 Å². The summed E-state index contributed by atoms with van der Waals surface area (Å²) >= 11 is -2.87. The Morgan fingerprint density at radius 3 is 2.09 bits per heavy atom. The van der Waals surface area contributed by atoms with Crippen LogP contribution >= 0.6 is 22.6 Å². The van der Waals surface area contributed by atoms with Crippen LogP contribution in [0.1, 0.15) is 6.92 Å². The van der Waals surface area contributed by atoms with Crippen molar-refractivity contribution in [2.24, 2.45) is 0 Å². The van der Waals surface area contributed by atoms with E-state index in [0.717, 1.165) is 6.07 Å². The van der Waals surface area contributed by atoms with Crippen LogP contribution in [0.15, 0.2) is 48.5 Å². The van der Waals surface area contributed by atoms with Gasteiger partial charge in [-0.25, -0.2) is 0 Å². The molecule has 0 aliphatic carbocycles. The Kier molecular flexibility index (Phi) is 7.15. The summed E-state index contributed by atoms with van der Waals surface area (Å²) in [5.74, 6) is -1.01. The molecule has 0 aliphatic heterocycles. The Balaban J connectivity index is 0.000000287. The monoisotopic (exact) mass is 479 g/mol. The number of rotatable bonds is 2. The maximum Gasteiger partial charge on any atom is 0.0130 e. The van der Waals surface area contributed by atoms with Gasteiger partial charge in [-0.2, -0.15) is 0 Å². The second kappa shape index (κ2) is 8.38. The van der Waals surface area contributed by atoms with Gasteiger partial charge in [-0.15, -0.1) is 0 Å². The third kappa shape index (κ3) is 6.23. The number of aromatic hydroxyl groups is 1. The molecule has 22 heavy (non-hydrogen) atoms. The summed E-state index contributed by atoms with van der Waals surface area (Å²) in [6, 6.07) is 14.0. The molecule has 118 valence electrons. The van der Waals surface area contributed by atoms with Gasteiger partial charge in [-0.1, -0.05) is 18.2 Å². The number of phenols is 1.